The molecule has 0 unspecified atom stereocenters. The zero-order valence-electron chi connectivity index (χ0n) is 17.3. The van der Waals surface area contributed by atoms with Crippen LogP contribution in [-0.4, -0.2) is 18.2 Å². The zero-order chi connectivity index (χ0) is 22.8. The first-order chi connectivity index (χ1) is 16.1. The lowest BCUT2D eigenvalue weighted by molar-refractivity contribution is 0.603. The summed E-state index contributed by atoms with van der Waals surface area (Å²) in [5.41, 5.74) is 2.37. The summed E-state index contributed by atoms with van der Waals surface area (Å²) in [6.45, 7) is 0. The fourth-order valence-corrected chi connectivity index (χ4v) is 4.71. The molecule has 0 saturated carbocycles. The number of fused-ring (bicyclic) bond motifs is 1. The molecule has 3 aromatic carbocycles. The van der Waals surface area contributed by atoms with E-state index in [0.717, 1.165) is 11.1 Å². The maximum Gasteiger partial charge on any atom is 0.216 e. The number of nitriles is 1. The second-order valence-corrected chi connectivity index (χ2v) is 9.22. The van der Waals surface area contributed by atoms with Gasteiger partial charge in [-0.05, 0) is 42.5 Å². The molecule has 5 aromatic rings. The lowest BCUT2D eigenvalue weighted by Crippen LogP contribution is -2.03. The molecule has 160 valence electrons. The standard InChI is InChI=1S/C26H17N3O3S/c27-17-23(33(30,31)22-12-5-2-6-13-22)15-20-18-29(21-10-3-1-4-11-21)28-26(20)25-16-19-9-7-8-14-24(19)32-25/h1-16,18H/b23-15+. The lowest BCUT2D eigenvalue weighted by atomic mass is 10.2. The van der Waals surface area contributed by atoms with Crippen molar-refractivity contribution in [2.45, 2.75) is 4.90 Å². The fraction of sp³-hybridized carbons (Fsp3) is 0. The largest absolute Gasteiger partial charge is 0.454 e. The highest BCUT2D eigenvalue weighted by Crippen LogP contribution is 2.32. The minimum Gasteiger partial charge on any atom is -0.454 e. The van der Waals surface area contributed by atoms with Gasteiger partial charge in [0.15, 0.2) is 5.76 Å². The molecule has 0 atom stereocenters. The van der Waals surface area contributed by atoms with Gasteiger partial charge in [0.2, 0.25) is 9.84 Å². The number of rotatable bonds is 5. The number of hydrogen-bond acceptors (Lipinski definition) is 5. The van der Waals surface area contributed by atoms with Crippen LogP contribution in [0.5, 0.6) is 0 Å². The molecule has 0 N–H and O–H groups in total. The number of allylic oxidation sites excluding steroid dienone is 1. The molecule has 0 spiro atoms. The zero-order valence-corrected chi connectivity index (χ0v) is 18.1. The van der Waals surface area contributed by atoms with Gasteiger partial charge in [-0.15, -0.1) is 0 Å². The minimum atomic E-state index is -4.00. The highest BCUT2D eigenvalue weighted by atomic mass is 32.2. The van der Waals surface area contributed by atoms with Crippen LogP contribution in [0, 0.1) is 11.3 Å². The van der Waals surface area contributed by atoms with Crippen LogP contribution in [-0.2, 0) is 9.84 Å². The Morgan fingerprint density at radius 1 is 0.939 bits per heavy atom. The number of aromatic nitrogens is 2. The quantitative estimate of drug-likeness (QED) is 0.323. The van der Waals surface area contributed by atoms with Gasteiger partial charge < -0.3 is 4.42 Å². The first-order valence-corrected chi connectivity index (χ1v) is 11.6. The van der Waals surface area contributed by atoms with Crippen molar-refractivity contribution >= 4 is 26.9 Å². The van der Waals surface area contributed by atoms with Crippen LogP contribution in [0.1, 0.15) is 5.56 Å². The Morgan fingerprint density at radius 3 is 2.30 bits per heavy atom. The molecule has 0 aliphatic rings. The van der Waals surface area contributed by atoms with Crippen LogP contribution in [0.4, 0.5) is 0 Å². The van der Waals surface area contributed by atoms with E-state index >= 15 is 0 Å². The van der Waals surface area contributed by atoms with E-state index in [1.807, 2.05) is 66.7 Å². The van der Waals surface area contributed by atoms with Gasteiger partial charge in [0, 0.05) is 17.1 Å². The average Bonchev–Trinajstić information content (AvgIpc) is 3.47. The molecule has 0 fully saturated rings. The normalized spacial score (nSPS) is 12.0. The van der Waals surface area contributed by atoms with E-state index in [1.54, 1.807) is 29.1 Å². The number of sulfone groups is 1. The number of hydrogen-bond donors (Lipinski definition) is 0. The van der Waals surface area contributed by atoms with Crippen LogP contribution in [0.25, 0.3) is 34.2 Å². The van der Waals surface area contributed by atoms with Crippen molar-refractivity contribution in [3.63, 3.8) is 0 Å². The third-order valence-corrected chi connectivity index (χ3v) is 6.84. The third kappa shape index (κ3) is 3.84. The van der Waals surface area contributed by atoms with Gasteiger partial charge in [-0.3, -0.25) is 0 Å². The molecule has 2 heterocycles. The molecule has 0 aliphatic carbocycles. The van der Waals surface area contributed by atoms with Crippen molar-refractivity contribution in [2.75, 3.05) is 0 Å². The van der Waals surface area contributed by atoms with E-state index in [9.17, 15) is 13.7 Å². The van der Waals surface area contributed by atoms with Crippen molar-refractivity contribution in [1.29, 1.82) is 5.26 Å². The van der Waals surface area contributed by atoms with Crippen LogP contribution in [0.3, 0.4) is 0 Å². The Bertz CT molecular complexity index is 1590. The summed E-state index contributed by atoms with van der Waals surface area (Å²) in [4.78, 5) is -0.322. The van der Waals surface area contributed by atoms with Crippen molar-refractivity contribution < 1.29 is 12.8 Å². The molecule has 0 bridgehead atoms. The van der Waals surface area contributed by atoms with Gasteiger partial charge in [0.05, 0.1) is 10.6 Å². The number of furan rings is 1. The van der Waals surface area contributed by atoms with Crippen LogP contribution < -0.4 is 0 Å². The molecule has 0 aliphatic heterocycles. The van der Waals surface area contributed by atoms with Crippen molar-refractivity contribution in [1.82, 2.24) is 9.78 Å². The fourth-order valence-electron chi connectivity index (χ4n) is 3.53. The van der Waals surface area contributed by atoms with Crippen molar-refractivity contribution in [2.24, 2.45) is 0 Å². The molecule has 5 rings (SSSR count). The van der Waals surface area contributed by atoms with E-state index < -0.39 is 9.84 Å². The predicted octanol–water partition coefficient (Wildman–Crippen LogP) is 5.62. The predicted molar refractivity (Wildman–Crippen MR) is 126 cm³/mol. The van der Waals surface area contributed by atoms with Gasteiger partial charge in [0.1, 0.15) is 22.3 Å². The summed E-state index contributed by atoms with van der Waals surface area (Å²) >= 11 is 0. The first kappa shape index (κ1) is 20.5. The molecular weight excluding hydrogens is 434 g/mol. The molecule has 2 aromatic heterocycles. The topological polar surface area (TPSA) is 88.9 Å². The van der Waals surface area contributed by atoms with Gasteiger partial charge in [-0.25, -0.2) is 13.1 Å². The minimum absolute atomic E-state index is 0.0542. The number of para-hydroxylation sites is 2. The molecule has 0 amide bonds. The molecular formula is C26H17N3O3S. The van der Waals surface area contributed by atoms with Crippen LogP contribution in [0.15, 0.2) is 111 Å². The summed E-state index contributed by atoms with van der Waals surface area (Å²) < 4.78 is 33.8. The second kappa shape index (κ2) is 8.26. The van der Waals surface area contributed by atoms with Crippen LogP contribution in [0.2, 0.25) is 0 Å². The van der Waals surface area contributed by atoms with Crippen LogP contribution >= 0.6 is 0 Å². The Labute approximate surface area is 190 Å². The van der Waals surface area contributed by atoms with Gasteiger partial charge in [-0.1, -0.05) is 54.6 Å². The van der Waals surface area contributed by atoms with Crippen molar-refractivity contribution in [3.8, 4) is 23.2 Å². The summed E-state index contributed by atoms with van der Waals surface area (Å²) in [5.74, 6) is 0.478. The highest BCUT2D eigenvalue weighted by molar-refractivity contribution is 7.95. The monoisotopic (exact) mass is 451 g/mol. The molecule has 6 nitrogen and oxygen atoms in total. The number of nitrogens with zero attached hydrogens (tertiary/aromatic N) is 3. The SMILES string of the molecule is N#C/C(=C\c1cn(-c2ccccc2)nc1-c1cc2ccccc2o1)S(=O)(=O)c1ccccc1. The van der Waals surface area contributed by atoms with Crippen molar-refractivity contribution in [3.05, 3.63) is 108 Å². The van der Waals surface area contributed by atoms with Gasteiger partial charge in [0.25, 0.3) is 0 Å². The summed E-state index contributed by atoms with van der Waals surface area (Å²) in [7, 11) is -4.00. The highest BCUT2D eigenvalue weighted by Gasteiger charge is 2.23. The first-order valence-electron chi connectivity index (χ1n) is 10.1. The summed E-state index contributed by atoms with van der Waals surface area (Å²) in [6, 6.07) is 28.6. The number of benzene rings is 3. The summed E-state index contributed by atoms with van der Waals surface area (Å²) in [5, 5.41) is 15.3. The Morgan fingerprint density at radius 2 is 1.61 bits per heavy atom. The maximum absolute atomic E-state index is 13.1. The van der Waals surface area contributed by atoms with E-state index in [0.29, 0.717) is 22.6 Å². The van der Waals surface area contributed by atoms with E-state index in [-0.39, 0.29) is 9.80 Å². The summed E-state index contributed by atoms with van der Waals surface area (Å²) in [6.07, 6.45) is 3.03. The Kier molecular flexibility index (Phi) is 5.13. The van der Waals surface area contributed by atoms with E-state index in [1.165, 1.54) is 18.2 Å². The Balaban J connectivity index is 1.70. The Hall–Kier alpha value is -4.41. The maximum atomic E-state index is 13.1. The molecule has 0 saturated heterocycles. The second-order valence-electron chi connectivity index (χ2n) is 7.30. The molecule has 7 heteroatoms. The molecule has 0 radical (unpaired) electrons. The third-order valence-electron chi connectivity index (χ3n) is 5.16. The average molecular weight is 452 g/mol. The van der Waals surface area contributed by atoms with E-state index in [4.69, 9.17) is 4.42 Å². The van der Waals surface area contributed by atoms with E-state index in [2.05, 4.69) is 5.10 Å². The lowest BCUT2D eigenvalue weighted by Gasteiger charge is -2.02. The van der Waals surface area contributed by atoms with Gasteiger partial charge in [-0.2, -0.15) is 10.4 Å². The van der Waals surface area contributed by atoms with Gasteiger partial charge >= 0.3 is 0 Å². The molecule has 33 heavy (non-hydrogen) atoms. The smallest absolute Gasteiger partial charge is 0.216 e.